The Bertz CT molecular complexity index is 3380. The maximum absolute atomic E-state index is 13.5. The van der Waals surface area contributed by atoms with Gasteiger partial charge in [-0.05, 0) is 160 Å². The van der Waals surface area contributed by atoms with E-state index in [-0.39, 0.29) is 54.6 Å². The number of rotatable bonds is 25. The van der Waals surface area contributed by atoms with Crippen molar-refractivity contribution in [2.24, 2.45) is 29.0 Å². The molecule has 1 atom stereocenters. The lowest BCUT2D eigenvalue weighted by Gasteiger charge is -2.33. The van der Waals surface area contributed by atoms with Crippen LogP contribution in [0.4, 0.5) is 8.78 Å². The molecular formula is C70H85F2N9O10. The number of dihydropyridines is 1. The van der Waals surface area contributed by atoms with Crippen molar-refractivity contribution >= 4 is 47.6 Å². The first-order chi connectivity index (χ1) is 43.5. The second-order valence-electron chi connectivity index (χ2n) is 21.4. The Balaban J connectivity index is 0.000000368. The molecule has 7 rings (SSSR count). The van der Waals surface area contributed by atoms with E-state index in [4.69, 9.17) is 37.2 Å². The number of benzene rings is 4. The van der Waals surface area contributed by atoms with Crippen molar-refractivity contribution in [2.45, 2.75) is 112 Å². The minimum Gasteiger partial charge on any atom is -0.463 e. The molecule has 1 aliphatic rings. The molecular weight excluding hydrogens is 1160 g/mol. The molecule has 91 heavy (non-hydrogen) atoms. The van der Waals surface area contributed by atoms with Gasteiger partial charge in [0.15, 0.2) is 0 Å². The first kappa shape index (κ1) is 75.2. The number of pyridine rings is 2. The lowest BCUT2D eigenvalue weighted by molar-refractivity contribution is -0.139. The standard InChI is InChI=1S/C34H37FN4O4.C14H12N2O2.C13H16FNO2.C7H14N2O.C2H6O/c1-4-43-34(42)31-27(16-9-22-7-14-26(35)15-8-22)39-28(18-21(2)3)30(32(36)40)29(31)24-10-12-25(13-11-24)33(41)38-20-23-6-5-17-37-19-23;17-10-11-3-5-13(6-4-11)14(18)16-9-12-2-1-7-15-8-12;1-2-17-13(16)9-12(15)8-5-10-3-6-11(14)7-4-10;1-5(2)3-6(8)4-7(9)10;1-2-3/h5-8,10-15,17,19,21,29,39H,4,9,16,18,20H2,1-3H3,(H2,36,40)(H,38,41);1-8,10H,9H2,(H,16,18);3-4,6-7,9H,2,5,8,15H2,1H3;5,8H,3-4H2,1-2H3,(H2,9,10);3H,2H2,1H3/b;;12-9-;;. The second-order valence-corrected chi connectivity index (χ2v) is 21.4. The van der Waals surface area contributed by atoms with Crippen molar-refractivity contribution in [3.05, 3.63) is 237 Å². The number of halogens is 2. The molecule has 0 saturated carbocycles. The first-order valence-electron chi connectivity index (χ1n) is 29.8. The fourth-order valence-electron chi connectivity index (χ4n) is 8.81. The normalized spacial score (nSPS) is 12.4. The molecule has 1 unspecified atom stereocenters. The molecule has 1 aliphatic heterocycles. The van der Waals surface area contributed by atoms with Gasteiger partial charge in [0.2, 0.25) is 11.8 Å². The number of nitrogens with zero attached hydrogens (tertiary/aromatic N) is 2. The zero-order valence-electron chi connectivity index (χ0n) is 52.7. The van der Waals surface area contributed by atoms with Crippen LogP contribution in [0.1, 0.15) is 145 Å². The third-order valence-corrected chi connectivity index (χ3v) is 12.9. The summed E-state index contributed by atoms with van der Waals surface area (Å²) in [5, 5.41) is 23.8. The molecule has 0 aliphatic carbocycles. The summed E-state index contributed by atoms with van der Waals surface area (Å²) in [6.45, 7) is 14.7. The average molecular weight is 1250 g/mol. The molecule has 0 fully saturated rings. The Labute approximate surface area is 531 Å². The second kappa shape index (κ2) is 41.2. The van der Waals surface area contributed by atoms with Gasteiger partial charge in [-0.1, -0.05) is 88.4 Å². The van der Waals surface area contributed by atoms with Crippen molar-refractivity contribution in [1.82, 2.24) is 25.9 Å². The minimum atomic E-state index is -0.803. The number of hydrogen-bond acceptors (Lipinski definition) is 15. The van der Waals surface area contributed by atoms with Crippen molar-refractivity contribution in [1.29, 1.82) is 5.41 Å². The predicted molar refractivity (Wildman–Crippen MR) is 346 cm³/mol. The highest BCUT2D eigenvalue weighted by Crippen LogP contribution is 2.41. The summed E-state index contributed by atoms with van der Waals surface area (Å²) in [6, 6.07) is 33.1. The molecule has 484 valence electrons. The van der Waals surface area contributed by atoms with Gasteiger partial charge in [-0.3, -0.25) is 33.9 Å². The molecule has 0 spiro atoms. The number of amides is 4. The third kappa shape index (κ3) is 28.8. The van der Waals surface area contributed by atoms with E-state index in [0.29, 0.717) is 115 Å². The number of aldehydes is 1. The van der Waals surface area contributed by atoms with E-state index in [9.17, 15) is 42.3 Å². The van der Waals surface area contributed by atoms with Crippen LogP contribution in [0.2, 0.25) is 0 Å². The zero-order valence-corrected chi connectivity index (χ0v) is 52.7. The number of aliphatic hydroxyl groups excluding tert-OH is 1. The van der Waals surface area contributed by atoms with Crippen molar-refractivity contribution < 1.29 is 56.9 Å². The summed E-state index contributed by atoms with van der Waals surface area (Å²) < 4.78 is 36.4. The van der Waals surface area contributed by atoms with Crippen LogP contribution in [0, 0.1) is 28.9 Å². The molecule has 4 aromatic carbocycles. The van der Waals surface area contributed by atoms with E-state index in [1.807, 2.05) is 45.9 Å². The number of carbonyl (C=O) groups excluding carboxylic acids is 7. The van der Waals surface area contributed by atoms with Gasteiger partial charge in [0.25, 0.3) is 11.8 Å². The monoisotopic (exact) mass is 1250 g/mol. The number of nitrogens with two attached hydrogens (primary N) is 3. The lowest BCUT2D eigenvalue weighted by Crippen LogP contribution is -2.36. The van der Waals surface area contributed by atoms with Crippen LogP contribution in [0.3, 0.4) is 0 Å². The molecule has 21 heteroatoms. The van der Waals surface area contributed by atoms with E-state index in [1.54, 1.807) is 124 Å². The van der Waals surface area contributed by atoms with Gasteiger partial charge in [-0.25, -0.2) is 18.4 Å². The number of carbonyl (C=O) groups is 7. The van der Waals surface area contributed by atoms with Gasteiger partial charge in [-0.15, -0.1) is 0 Å². The number of esters is 2. The Morgan fingerprint density at radius 3 is 1.57 bits per heavy atom. The molecule has 2 aromatic heterocycles. The first-order valence-corrected chi connectivity index (χ1v) is 29.8. The largest absolute Gasteiger partial charge is 0.463 e. The topological polar surface area (TPSA) is 322 Å². The fraction of sp³-hybridized carbons (Fsp3) is 0.314. The van der Waals surface area contributed by atoms with Crippen LogP contribution < -0.4 is 33.2 Å². The predicted octanol–water partition coefficient (Wildman–Crippen LogP) is 9.99. The van der Waals surface area contributed by atoms with Gasteiger partial charge in [0, 0.05) is 95.6 Å². The number of primary amides is 2. The maximum atomic E-state index is 13.5. The number of aliphatic hydroxyl groups is 1. The van der Waals surface area contributed by atoms with Gasteiger partial charge < -0.3 is 53.1 Å². The smallest absolute Gasteiger partial charge is 0.336 e. The number of nitrogens with one attached hydrogen (secondary N) is 4. The van der Waals surface area contributed by atoms with Gasteiger partial charge in [0.1, 0.15) is 17.9 Å². The third-order valence-electron chi connectivity index (χ3n) is 12.9. The summed E-state index contributed by atoms with van der Waals surface area (Å²) in [5.41, 5.74) is 25.1. The van der Waals surface area contributed by atoms with Crippen LogP contribution in [0.25, 0.3) is 0 Å². The molecule has 19 nitrogen and oxygen atoms in total. The highest BCUT2D eigenvalue weighted by Gasteiger charge is 2.38. The molecule has 4 amide bonds. The van der Waals surface area contributed by atoms with Crippen molar-refractivity contribution in [3.63, 3.8) is 0 Å². The number of hydrogen-bond donors (Lipinski definition) is 8. The van der Waals surface area contributed by atoms with Crippen molar-refractivity contribution in [2.75, 3.05) is 19.8 Å². The summed E-state index contributed by atoms with van der Waals surface area (Å²) in [5.74, 6) is -3.25. The highest BCUT2D eigenvalue weighted by molar-refractivity contribution is 6.02. The van der Waals surface area contributed by atoms with Crippen LogP contribution in [0.15, 0.2) is 180 Å². The Morgan fingerprint density at radius 1 is 0.648 bits per heavy atom. The van der Waals surface area contributed by atoms with Crippen LogP contribution in [-0.2, 0) is 54.6 Å². The fourth-order valence-corrected chi connectivity index (χ4v) is 8.81. The van der Waals surface area contributed by atoms with Gasteiger partial charge in [-0.2, -0.15) is 0 Å². The number of aryl methyl sites for hydroxylation is 2. The summed E-state index contributed by atoms with van der Waals surface area (Å²) >= 11 is 0. The summed E-state index contributed by atoms with van der Waals surface area (Å²) in [6.07, 6.45) is 12.2. The van der Waals surface area contributed by atoms with Gasteiger partial charge >= 0.3 is 11.9 Å². The van der Waals surface area contributed by atoms with Crippen molar-refractivity contribution in [3.8, 4) is 0 Å². The zero-order chi connectivity index (χ0) is 67.3. The van der Waals surface area contributed by atoms with Gasteiger partial charge in [0.05, 0.1) is 31.1 Å². The Kier molecular flexibility index (Phi) is 34.1. The molecule has 11 N–H and O–H groups in total. The molecule has 6 aromatic rings. The SMILES string of the molecule is CC(C)CC(=N)CC(N)=O.CCO.CCOC(=O)/C=C(\N)CCc1ccc(F)cc1.CCOC(=O)C1=C(CCc2ccc(F)cc2)NC(CC(C)C)=C(C(N)=O)C1c1ccc(C(=O)NCc2cccnc2)cc1.O=Cc1ccc(C(=O)NCc2cccnc2)cc1. The van der Waals surface area contributed by atoms with Crippen LogP contribution >= 0.6 is 0 Å². The number of ether oxygens (including phenoxy) is 2. The summed E-state index contributed by atoms with van der Waals surface area (Å²) in [4.78, 5) is 91.1. The number of aromatic nitrogens is 2. The Morgan fingerprint density at radius 2 is 1.14 bits per heavy atom. The molecule has 0 radical (unpaired) electrons. The summed E-state index contributed by atoms with van der Waals surface area (Å²) in [7, 11) is 0. The minimum absolute atomic E-state index is 0.109. The van der Waals surface area contributed by atoms with E-state index in [2.05, 4.69) is 25.9 Å². The van der Waals surface area contributed by atoms with E-state index >= 15 is 0 Å². The van der Waals surface area contributed by atoms with Crippen LogP contribution in [-0.4, -0.2) is 82.5 Å². The average Bonchev–Trinajstić information content (AvgIpc) is 0.771. The Hall–Kier alpha value is -10.0. The molecule has 3 heterocycles. The molecule has 0 bridgehead atoms. The lowest BCUT2D eigenvalue weighted by atomic mass is 9.77. The quantitative estimate of drug-likeness (QED) is 0.0114. The maximum Gasteiger partial charge on any atom is 0.336 e. The highest BCUT2D eigenvalue weighted by atomic mass is 19.1. The van der Waals surface area contributed by atoms with E-state index in [0.717, 1.165) is 28.5 Å². The number of allylic oxidation sites excluding steroid dienone is 3. The van der Waals surface area contributed by atoms with Crippen LogP contribution in [0.5, 0.6) is 0 Å². The molecule has 0 saturated heterocycles. The van der Waals surface area contributed by atoms with E-state index < -0.39 is 29.7 Å². The van der Waals surface area contributed by atoms with E-state index in [1.165, 1.54) is 30.3 Å².